The van der Waals surface area contributed by atoms with Gasteiger partial charge in [0.25, 0.3) is 0 Å². The second-order valence-electron chi connectivity index (χ2n) is 5.27. The highest BCUT2D eigenvalue weighted by Gasteiger charge is 2.16. The van der Waals surface area contributed by atoms with Gasteiger partial charge in [0.05, 0.1) is 17.4 Å². The number of nitrogen functional groups attached to an aromatic ring is 1. The Labute approximate surface area is 123 Å². The molecule has 1 aliphatic carbocycles. The second-order valence-corrected chi connectivity index (χ2v) is 6.23. The molecule has 1 fully saturated rings. The zero-order chi connectivity index (χ0) is 13.8. The Kier molecular flexibility index (Phi) is 4.25. The highest BCUT2D eigenvalue weighted by Crippen LogP contribution is 2.29. The van der Waals surface area contributed by atoms with E-state index in [0.29, 0.717) is 6.04 Å². The van der Waals surface area contributed by atoms with Crippen molar-refractivity contribution in [3.05, 3.63) is 36.3 Å². The van der Waals surface area contributed by atoms with Crippen LogP contribution in [-0.4, -0.2) is 14.8 Å². The minimum atomic E-state index is 0.599. The van der Waals surface area contributed by atoms with Gasteiger partial charge in [0.2, 0.25) is 0 Å². The summed E-state index contributed by atoms with van der Waals surface area (Å²) in [6, 6.07) is 6.45. The molecule has 5 heteroatoms. The van der Waals surface area contributed by atoms with E-state index < -0.39 is 0 Å². The van der Waals surface area contributed by atoms with Crippen LogP contribution in [0, 0.1) is 0 Å². The largest absolute Gasteiger partial charge is 0.397 e. The number of anilines is 1. The maximum Gasteiger partial charge on any atom is 0.119 e. The zero-order valence-corrected chi connectivity index (χ0v) is 12.4. The molecule has 0 saturated heterocycles. The normalized spacial score (nSPS) is 16.4. The molecule has 1 aliphatic rings. The van der Waals surface area contributed by atoms with Crippen LogP contribution < -0.4 is 5.73 Å². The fourth-order valence-corrected chi connectivity index (χ4v) is 3.48. The van der Waals surface area contributed by atoms with Crippen molar-refractivity contribution in [1.29, 1.82) is 0 Å². The number of hydrogen-bond acceptors (Lipinski definition) is 4. The van der Waals surface area contributed by atoms with Crippen molar-refractivity contribution in [2.75, 3.05) is 5.73 Å². The molecule has 2 aromatic heterocycles. The van der Waals surface area contributed by atoms with Crippen LogP contribution in [0.2, 0.25) is 0 Å². The average Bonchev–Trinajstić information content (AvgIpc) is 2.96. The second kappa shape index (κ2) is 6.31. The minimum absolute atomic E-state index is 0.599. The van der Waals surface area contributed by atoms with Gasteiger partial charge in [0.1, 0.15) is 5.03 Å². The van der Waals surface area contributed by atoms with Crippen LogP contribution in [0.5, 0.6) is 0 Å². The van der Waals surface area contributed by atoms with Crippen LogP contribution in [0.3, 0.4) is 0 Å². The standard InChI is InChI=1S/C15H20N4S/c16-14-7-4-9-17-15(14)20-11-12-8-10-19(18-12)13-5-2-1-3-6-13/h4,7-10,13H,1-3,5-6,11,16H2. The van der Waals surface area contributed by atoms with E-state index in [1.165, 1.54) is 32.1 Å². The Balaban J connectivity index is 1.61. The Hall–Kier alpha value is -1.49. The van der Waals surface area contributed by atoms with Gasteiger partial charge < -0.3 is 5.73 Å². The SMILES string of the molecule is Nc1cccnc1SCc1ccn(C2CCCCC2)n1. The van der Waals surface area contributed by atoms with Crippen LogP contribution in [0.1, 0.15) is 43.8 Å². The summed E-state index contributed by atoms with van der Waals surface area (Å²) in [6.45, 7) is 0. The van der Waals surface area contributed by atoms with E-state index in [9.17, 15) is 0 Å². The van der Waals surface area contributed by atoms with E-state index in [0.717, 1.165) is 22.2 Å². The van der Waals surface area contributed by atoms with E-state index in [2.05, 4.69) is 21.9 Å². The van der Waals surface area contributed by atoms with Gasteiger partial charge in [-0.15, -0.1) is 0 Å². The fourth-order valence-electron chi connectivity index (χ4n) is 2.67. The lowest BCUT2D eigenvalue weighted by molar-refractivity contribution is 0.328. The lowest BCUT2D eigenvalue weighted by Crippen LogP contribution is -2.13. The molecule has 4 nitrogen and oxygen atoms in total. The molecular formula is C15H20N4S. The summed E-state index contributed by atoms with van der Waals surface area (Å²) < 4.78 is 2.15. The van der Waals surface area contributed by atoms with Crippen LogP contribution in [-0.2, 0) is 5.75 Å². The number of pyridine rings is 1. The first kappa shape index (κ1) is 13.5. The summed E-state index contributed by atoms with van der Waals surface area (Å²) in [6.07, 6.45) is 10.5. The first-order valence-corrected chi connectivity index (χ1v) is 8.19. The Morgan fingerprint density at radius 2 is 2.10 bits per heavy atom. The topological polar surface area (TPSA) is 56.7 Å². The summed E-state index contributed by atoms with van der Waals surface area (Å²) in [5.74, 6) is 0.820. The fraction of sp³-hybridized carbons (Fsp3) is 0.467. The molecule has 0 spiro atoms. The Morgan fingerprint density at radius 1 is 1.25 bits per heavy atom. The molecule has 0 atom stereocenters. The van der Waals surface area contributed by atoms with E-state index in [-0.39, 0.29) is 0 Å². The molecule has 106 valence electrons. The van der Waals surface area contributed by atoms with E-state index in [4.69, 9.17) is 10.8 Å². The monoisotopic (exact) mass is 288 g/mol. The van der Waals surface area contributed by atoms with Crippen molar-refractivity contribution >= 4 is 17.4 Å². The van der Waals surface area contributed by atoms with E-state index in [1.54, 1.807) is 18.0 Å². The molecule has 0 aromatic carbocycles. The number of rotatable bonds is 4. The molecule has 0 bridgehead atoms. The third-order valence-corrected chi connectivity index (χ3v) is 4.82. The molecule has 1 saturated carbocycles. The lowest BCUT2D eigenvalue weighted by atomic mass is 9.96. The maximum atomic E-state index is 5.90. The van der Waals surface area contributed by atoms with Gasteiger partial charge in [-0.2, -0.15) is 5.10 Å². The van der Waals surface area contributed by atoms with Gasteiger partial charge in [-0.1, -0.05) is 31.0 Å². The molecule has 3 rings (SSSR count). The third-order valence-electron chi connectivity index (χ3n) is 3.77. The summed E-state index contributed by atoms with van der Waals surface area (Å²) in [7, 11) is 0. The predicted molar refractivity (Wildman–Crippen MR) is 82.6 cm³/mol. The van der Waals surface area contributed by atoms with E-state index >= 15 is 0 Å². The molecule has 2 N–H and O–H groups in total. The number of thioether (sulfide) groups is 1. The van der Waals surface area contributed by atoms with Gasteiger partial charge in [-0.05, 0) is 31.0 Å². The smallest absolute Gasteiger partial charge is 0.119 e. The quantitative estimate of drug-likeness (QED) is 0.872. The molecule has 20 heavy (non-hydrogen) atoms. The van der Waals surface area contributed by atoms with E-state index in [1.807, 2.05) is 12.1 Å². The molecule has 0 radical (unpaired) electrons. The van der Waals surface area contributed by atoms with Crippen molar-refractivity contribution in [2.45, 2.75) is 48.9 Å². The Bertz CT molecular complexity index is 561. The van der Waals surface area contributed by atoms with Crippen molar-refractivity contribution in [1.82, 2.24) is 14.8 Å². The van der Waals surface area contributed by atoms with Crippen LogP contribution in [0.15, 0.2) is 35.6 Å². The van der Waals surface area contributed by atoms with Crippen molar-refractivity contribution in [2.24, 2.45) is 0 Å². The summed E-state index contributed by atoms with van der Waals surface area (Å²) in [4.78, 5) is 4.29. The van der Waals surface area contributed by atoms with Gasteiger partial charge in [-0.3, -0.25) is 4.68 Å². The van der Waals surface area contributed by atoms with Gasteiger partial charge >= 0.3 is 0 Å². The maximum absolute atomic E-state index is 5.90. The van der Waals surface area contributed by atoms with Crippen molar-refractivity contribution in [3.63, 3.8) is 0 Å². The molecular weight excluding hydrogens is 268 g/mol. The molecule has 0 unspecified atom stereocenters. The molecule has 0 aliphatic heterocycles. The first-order valence-electron chi connectivity index (χ1n) is 7.20. The summed E-state index contributed by atoms with van der Waals surface area (Å²) in [5, 5.41) is 5.59. The molecule has 0 amide bonds. The predicted octanol–water partition coefficient (Wildman–Crippen LogP) is 3.66. The van der Waals surface area contributed by atoms with Gasteiger partial charge in [-0.25, -0.2) is 4.98 Å². The lowest BCUT2D eigenvalue weighted by Gasteiger charge is -2.21. The molecule has 2 heterocycles. The van der Waals surface area contributed by atoms with Gasteiger partial charge in [0.15, 0.2) is 0 Å². The van der Waals surface area contributed by atoms with Crippen LogP contribution in [0.25, 0.3) is 0 Å². The van der Waals surface area contributed by atoms with Crippen molar-refractivity contribution in [3.8, 4) is 0 Å². The highest BCUT2D eigenvalue weighted by atomic mass is 32.2. The van der Waals surface area contributed by atoms with Crippen LogP contribution in [0.4, 0.5) is 5.69 Å². The molecule has 2 aromatic rings. The first-order chi connectivity index (χ1) is 9.83. The van der Waals surface area contributed by atoms with Crippen LogP contribution >= 0.6 is 11.8 Å². The average molecular weight is 288 g/mol. The van der Waals surface area contributed by atoms with Gasteiger partial charge in [0, 0.05) is 18.1 Å². The third kappa shape index (κ3) is 3.15. The summed E-state index contributed by atoms with van der Waals surface area (Å²) >= 11 is 1.65. The number of nitrogens with two attached hydrogens (primary N) is 1. The zero-order valence-electron chi connectivity index (χ0n) is 11.5. The highest BCUT2D eigenvalue weighted by molar-refractivity contribution is 7.98. The van der Waals surface area contributed by atoms with Crippen molar-refractivity contribution < 1.29 is 0 Å². The summed E-state index contributed by atoms with van der Waals surface area (Å²) in [5.41, 5.74) is 7.74. The number of hydrogen-bond donors (Lipinski definition) is 1. The Morgan fingerprint density at radius 3 is 2.90 bits per heavy atom. The number of nitrogens with zero attached hydrogens (tertiary/aromatic N) is 3. The minimum Gasteiger partial charge on any atom is -0.397 e. The number of aromatic nitrogens is 3.